The molecule has 0 amide bonds. The molecule has 1 heterocycles. The lowest BCUT2D eigenvalue weighted by Crippen LogP contribution is -2.02. The monoisotopic (exact) mass is 267 g/mol. The van der Waals surface area contributed by atoms with Gasteiger partial charge in [-0.05, 0) is 18.6 Å². The fourth-order valence-electron chi connectivity index (χ4n) is 1.81. The number of carboxylic acids is 1. The highest BCUT2D eigenvalue weighted by Crippen LogP contribution is 2.29. The molecule has 0 bridgehead atoms. The maximum atomic E-state index is 13.7. The van der Waals surface area contributed by atoms with E-state index in [-0.39, 0.29) is 22.6 Å². The van der Waals surface area contributed by atoms with Crippen LogP contribution in [0.5, 0.6) is 0 Å². The van der Waals surface area contributed by atoms with Crippen LogP contribution in [0.4, 0.5) is 8.78 Å². The molecule has 0 radical (unpaired) electrons. The molecule has 0 aliphatic rings. The Labute approximate surface area is 107 Å². The first-order valence-electron chi connectivity index (χ1n) is 5.72. The zero-order valence-corrected chi connectivity index (χ0v) is 10.1. The Bertz CT molecular complexity index is 622. The predicted molar refractivity (Wildman–Crippen MR) is 62.8 cm³/mol. The summed E-state index contributed by atoms with van der Waals surface area (Å²) >= 11 is 0. The normalized spacial score (nSPS) is 10.7. The number of hydrogen-bond donors (Lipinski definition) is 1. The van der Waals surface area contributed by atoms with Crippen LogP contribution < -0.4 is 0 Å². The van der Waals surface area contributed by atoms with Gasteiger partial charge in [0.15, 0.2) is 17.4 Å². The van der Waals surface area contributed by atoms with Gasteiger partial charge in [-0.1, -0.05) is 18.1 Å². The number of aromatic carboxylic acids is 1. The van der Waals surface area contributed by atoms with Gasteiger partial charge in [0, 0.05) is 12.0 Å². The molecule has 100 valence electrons. The largest absolute Gasteiger partial charge is 0.477 e. The lowest BCUT2D eigenvalue weighted by atomic mass is 10.0. The molecule has 0 atom stereocenters. The quantitative estimate of drug-likeness (QED) is 0.923. The van der Waals surface area contributed by atoms with Crippen molar-refractivity contribution >= 4 is 5.97 Å². The number of halogens is 2. The molecule has 2 rings (SSSR count). The summed E-state index contributed by atoms with van der Waals surface area (Å²) in [6.45, 7) is 1.84. The molecule has 0 unspecified atom stereocenters. The van der Waals surface area contributed by atoms with E-state index in [0.29, 0.717) is 12.8 Å². The van der Waals surface area contributed by atoms with E-state index >= 15 is 0 Å². The van der Waals surface area contributed by atoms with Crippen molar-refractivity contribution in [3.63, 3.8) is 0 Å². The Morgan fingerprint density at radius 3 is 2.79 bits per heavy atom. The predicted octanol–water partition coefficient (Wildman–Crippen LogP) is 3.27. The van der Waals surface area contributed by atoms with Gasteiger partial charge in [-0.3, -0.25) is 0 Å². The van der Waals surface area contributed by atoms with Gasteiger partial charge in [0.05, 0.1) is 0 Å². The van der Waals surface area contributed by atoms with Crippen LogP contribution in [0, 0.1) is 11.6 Å². The number of carboxylic acid groups (broad SMARTS) is 1. The highest BCUT2D eigenvalue weighted by atomic mass is 19.2. The van der Waals surface area contributed by atoms with Crippen molar-refractivity contribution in [1.29, 1.82) is 0 Å². The first-order valence-corrected chi connectivity index (χ1v) is 5.72. The second kappa shape index (κ2) is 5.17. The molecule has 0 aliphatic carbocycles. The summed E-state index contributed by atoms with van der Waals surface area (Å²) in [6, 6.07) is 3.50. The first-order chi connectivity index (χ1) is 9.06. The number of rotatable bonds is 4. The van der Waals surface area contributed by atoms with E-state index in [1.165, 1.54) is 12.1 Å². The van der Waals surface area contributed by atoms with Gasteiger partial charge in [0.25, 0.3) is 0 Å². The molecule has 19 heavy (non-hydrogen) atoms. The number of carbonyl (C=O) groups is 1. The van der Waals surface area contributed by atoms with Crippen molar-refractivity contribution in [1.82, 2.24) is 5.16 Å². The van der Waals surface area contributed by atoms with Gasteiger partial charge in [-0.15, -0.1) is 0 Å². The third kappa shape index (κ3) is 2.33. The van der Waals surface area contributed by atoms with Crippen molar-refractivity contribution in [3.8, 4) is 11.3 Å². The van der Waals surface area contributed by atoms with Crippen LogP contribution in [-0.4, -0.2) is 16.2 Å². The average molecular weight is 267 g/mol. The number of benzene rings is 1. The van der Waals surface area contributed by atoms with Crippen molar-refractivity contribution in [3.05, 3.63) is 41.2 Å². The van der Waals surface area contributed by atoms with Gasteiger partial charge in [0.1, 0.15) is 11.3 Å². The first kappa shape index (κ1) is 13.2. The molecule has 1 aromatic heterocycles. The van der Waals surface area contributed by atoms with Gasteiger partial charge in [-0.25, -0.2) is 13.6 Å². The molecule has 0 fully saturated rings. The number of nitrogens with zero attached hydrogens (tertiary/aromatic N) is 1. The summed E-state index contributed by atoms with van der Waals surface area (Å²) in [6.07, 6.45) is 1.02. The van der Waals surface area contributed by atoms with Crippen LogP contribution in [-0.2, 0) is 6.42 Å². The summed E-state index contributed by atoms with van der Waals surface area (Å²) in [5, 5.41) is 12.7. The van der Waals surface area contributed by atoms with Crippen LogP contribution in [0.15, 0.2) is 22.7 Å². The van der Waals surface area contributed by atoms with Gasteiger partial charge < -0.3 is 9.63 Å². The fraction of sp³-hybridized carbons (Fsp3) is 0.231. The van der Waals surface area contributed by atoms with Crippen LogP contribution in [0.25, 0.3) is 11.3 Å². The lowest BCUT2D eigenvalue weighted by molar-refractivity contribution is 0.0695. The zero-order valence-electron chi connectivity index (χ0n) is 10.1. The minimum Gasteiger partial charge on any atom is -0.477 e. The minimum atomic E-state index is -1.27. The Morgan fingerprint density at radius 1 is 1.42 bits per heavy atom. The highest BCUT2D eigenvalue weighted by Gasteiger charge is 2.25. The van der Waals surface area contributed by atoms with Crippen molar-refractivity contribution in [2.45, 2.75) is 19.8 Å². The second-order valence-electron chi connectivity index (χ2n) is 3.99. The Hall–Kier alpha value is -2.24. The Morgan fingerprint density at radius 2 is 2.16 bits per heavy atom. The molecule has 1 aromatic carbocycles. The summed E-state index contributed by atoms with van der Waals surface area (Å²) in [5.41, 5.74) is -0.622. The summed E-state index contributed by atoms with van der Waals surface area (Å²) in [7, 11) is 0. The number of aromatic nitrogens is 1. The molecule has 2 aromatic rings. The molecular formula is C13H11F2NO3. The maximum absolute atomic E-state index is 13.7. The molecule has 6 heteroatoms. The van der Waals surface area contributed by atoms with E-state index in [2.05, 4.69) is 5.16 Å². The van der Waals surface area contributed by atoms with E-state index in [1.807, 2.05) is 6.92 Å². The third-order valence-corrected chi connectivity index (χ3v) is 2.66. The van der Waals surface area contributed by atoms with Crippen LogP contribution >= 0.6 is 0 Å². The summed E-state index contributed by atoms with van der Waals surface area (Å²) < 4.78 is 31.8. The van der Waals surface area contributed by atoms with Gasteiger partial charge in [0.2, 0.25) is 0 Å². The van der Waals surface area contributed by atoms with Crippen LogP contribution in [0.3, 0.4) is 0 Å². The molecular weight excluding hydrogens is 256 g/mol. The van der Waals surface area contributed by atoms with E-state index in [0.717, 1.165) is 6.07 Å². The number of aryl methyl sites for hydroxylation is 1. The van der Waals surface area contributed by atoms with Gasteiger partial charge in [-0.2, -0.15) is 0 Å². The summed E-state index contributed by atoms with van der Waals surface area (Å²) in [4.78, 5) is 11.2. The molecule has 1 N–H and O–H groups in total. The minimum absolute atomic E-state index is 0.161. The zero-order chi connectivity index (χ0) is 14.0. The van der Waals surface area contributed by atoms with Crippen molar-refractivity contribution < 1.29 is 23.2 Å². The second-order valence-corrected chi connectivity index (χ2v) is 3.99. The molecule has 0 saturated carbocycles. The van der Waals surface area contributed by atoms with Crippen molar-refractivity contribution in [2.24, 2.45) is 0 Å². The van der Waals surface area contributed by atoms with Crippen LogP contribution in [0.2, 0.25) is 0 Å². The molecule has 4 nitrogen and oxygen atoms in total. The van der Waals surface area contributed by atoms with Crippen molar-refractivity contribution in [2.75, 3.05) is 0 Å². The van der Waals surface area contributed by atoms with Crippen LogP contribution in [0.1, 0.15) is 29.5 Å². The third-order valence-electron chi connectivity index (χ3n) is 2.66. The summed E-state index contributed by atoms with van der Waals surface area (Å²) in [5.74, 6) is -3.31. The smallest absolute Gasteiger partial charge is 0.341 e. The highest BCUT2D eigenvalue weighted by molar-refractivity contribution is 5.95. The van der Waals surface area contributed by atoms with E-state index in [4.69, 9.17) is 9.63 Å². The van der Waals surface area contributed by atoms with E-state index in [9.17, 15) is 13.6 Å². The molecule has 0 saturated heterocycles. The maximum Gasteiger partial charge on any atom is 0.341 e. The molecule has 0 spiro atoms. The standard InChI is InChI=1S/C13H11F2NO3/c1-2-4-9-10(13(17)18)12(16-19-9)7-5-3-6-8(14)11(7)15/h3,5-6H,2,4H2,1H3,(H,17,18). The Kier molecular flexibility index (Phi) is 3.59. The topological polar surface area (TPSA) is 63.3 Å². The fourth-order valence-corrected chi connectivity index (χ4v) is 1.81. The van der Waals surface area contributed by atoms with E-state index in [1.54, 1.807) is 0 Å². The van der Waals surface area contributed by atoms with Gasteiger partial charge >= 0.3 is 5.97 Å². The number of hydrogen-bond acceptors (Lipinski definition) is 3. The van der Waals surface area contributed by atoms with E-state index < -0.39 is 17.6 Å². The Balaban J connectivity index is 2.62. The SMILES string of the molecule is CCCc1onc(-c2cccc(F)c2F)c1C(=O)O. The lowest BCUT2D eigenvalue weighted by Gasteiger charge is -2.01. The average Bonchev–Trinajstić information content (AvgIpc) is 2.77. The molecule has 0 aliphatic heterocycles.